The van der Waals surface area contributed by atoms with Crippen molar-refractivity contribution in [2.24, 2.45) is 11.7 Å². The van der Waals surface area contributed by atoms with Crippen LogP contribution in [0.15, 0.2) is 15.2 Å². The van der Waals surface area contributed by atoms with E-state index in [2.05, 4.69) is 29.8 Å². The zero-order chi connectivity index (χ0) is 13.0. The predicted molar refractivity (Wildman–Crippen MR) is 83.7 cm³/mol. The zero-order valence-electron chi connectivity index (χ0n) is 10.9. The molecule has 0 saturated heterocycles. The number of nitrogens with two attached hydrogens (primary N) is 1. The number of hydrogen-bond acceptors (Lipinski definition) is 3. The van der Waals surface area contributed by atoms with Crippen LogP contribution in [0.1, 0.15) is 30.6 Å². The van der Waals surface area contributed by atoms with Crippen LogP contribution >= 0.6 is 39.7 Å². The first-order valence-corrected chi connectivity index (χ1v) is 7.34. The van der Waals surface area contributed by atoms with Crippen molar-refractivity contribution in [3.8, 4) is 0 Å². The fourth-order valence-corrected chi connectivity index (χ4v) is 2.55. The number of rotatable bonds is 5. The molecule has 3 nitrogen and oxygen atoms in total. The summed E-state index contributed by atoms with van der Waals surface area (Å²) in [6, 6.07) is 2.01. The molecule has 0 aliphatic carbocycles. The molecule has 1 aromatic rings. The number of thiophene rings is 1. The van der Waals surface area contributed by atoms with Crippen LogP contribution in [0, 0.1) is 5.92 Å². The van der Waals surface area contributed by atoms with Gasteiger partial charge in [-0.15, -0.1) is 23.7 Å². The summed E-state index contributed by atoms with van der Waals surface area (Å²) in [5.74, 6) is 0.511. The Labute approximate surface area is 127 Å². The van der Waals surface area contributed by atoms with E-state index in [1.165, 1.54) is 11.3 Å². The first kappa shape index (κ1) is 17.9. The minimum Gasteiger partial charge on any atom is -0.342 e. The summed E-state index contributed by atoms with van der Waals surface area (Å²) in [6.07, 6.45) is 0.839. The van der Waals surface area contributed by atoms with E-state index in [0.717, 1.165) is 15.8 Å². The second-order valence-corrected chi connectivity index (χ2v) is 6.85. The normalized spacial score (nSPS) is 12.1. The molecule has 0 aliphatic rings. The first-order chi connectivity index (χ1) is 7.91. The van der Waals surface area contributed by atoms with Crippen LogP contribution in [0.4, 0.5) is 0 Å². The molecule has 0 radical (unpaired) electrons. The van der Waals surface area contributed by atoms with Gasteiger partial charge in [0.05, 0.1) is 9.35 Å². The Hall–Kier alpha value is -0.100. The van der Waals surface area contributed by atoms with Gasteiger partial charge in [-0.2, -0.15) is 0 Å². The fourth-order valence-electron chi connectivity index (χ4n) is 1.42. The molecule has 0 aliphatic heterocycles. The number of nitrogens with zero attached hydrogens (tertiary/aromatic N) is 1. The van der Waals surface area contributed by atoms with Gasteiger partial charge in [-0.1, -0.05) is 13.8 Å². The van der Waals surface area contributed by atoms with Crippen LogP contribution in [0.5, 0.6) is 0 Å². The molecule has 0 fully saturated rings. The highest BCUT2D eigenvalue weighted by Crippen LogP contribution is 2.21. The van der Waals surface area contributed by atoms with Gasteiger partial charge < -0.3 is 10.6 Å². The molecule has 6 heteroatoms. The van der Waals surface area contributed by atoms with E-state index in [9.17, 15) is 4.79 Å². The Morgan fingerprint density at radius 2 is 2.17 bits per heavy atom. The van der Waals surface area contributed by atoms with Crippen LogP contribution in [0.25, 0.3) is 0 Å². The van der Waals surface area contributed by atoms with Gasteiger partial charge in [-0.25, -0.2) is 0 Å². The Kier molecular flexibility index (Phi) is 8.10. The van der Waals surface area contributed by atoms with Crippen LogP contribution in [-0.4, -0.2) is 30.4 Å². The molecule has 104 valence electrons. The summed E-state index contributed by atoms with van der Waals surface area (Å²) in [5.41, 5.74) is 6.70. The average Bonchev–Trinajstić information content (AvgIpc) is 2.70. The minimum atomic E-state index is 0. The standard InChI is InChI=1S/C12H19BrN2OS.ClH/c1-8(2)10(14)4-5-15(3)12(16)9-6-11(13)17-7-9;/h6-8,10H,4-5,14H2,1-3H3;1H. The molecule has 1 unspecified atom stereocenters. The molecule has 1 rings (SSSR count). The highest BCUT2D eigenvalue weighted by molar-refractivity contribution is 9.11. The molecule has 1 amide bonds. The molecule has 0 bridgehead atoms. The van der Waals surface area contributed by atoms with E-state index < -0.39 is 0 Å². The maximum Gasteiger partial charge on any atom is 0.254 e. The monoisotopic (exact) mass is 354 g/mol. The SMILES string of the molecule is CC(C)C(N)CCN(C)C(=O)c1csc(Br)c1.Cl. The van der Waals surface area contributed by atoms with E-state index >= 15 is 0 Å². The smallest absolute Gasteiger partial charge is 0.254 e. The number of amides is 1. The second kappa shape index (κ2) is 8.15. The highest BCUT2D eigenvalue weighted by atomic mass is 79.9. The first-order valence-electron chi connectivity index (χ1n) is 5.67. The van der Waals surface area contributed by atoms with E-state index in [1.54, 1.807) is 4.90 Å². The van der Waals surface area contributed by atoms with Gasteiger partial charge in [-0.05, 0) is 34.3 Å². The van der Waals surface area contributed by atoms with Crippen molar-refractivity contribution in [3.05, 3.63) is 20.8 Å². The van der Waals surface area contributed by atoms with Crippen molar-refractivity contribution in [2.75, 3.05) is 13.6 Å². The van der Waals surface area contributed by atoms with Gasteiger partial charge in [0.1, 0.15) is 0 Å². The van der Waals surface area contributed by atoms with E-state index in [-0.39, 0.29) is 24.4 Å². The fraction of sp³-hybridized carbons (Fsp3) is 0.583. The van der Waals surface area contributed by atoms with Crippen molar-refractivity contribution in [2.45, 2.75) is 26.3 Å². The van der Waals surface area contributed by atoms with Crippen LogP contribution in [-0.2, 0) is 0 Å². The summed E-state index contributed by atoms with van der Waals surface area (Å²) in [7, 11) is 1.82. The molecule has 0 aromatic carbocycles. The number of carbonyl (C=O) groups is 1. The molecule has 1 aromatic heterocycles. The van der Waals surface area contributed by atoms with Crippen LogP contribution in [0.3, 0.4) is 0 Å². The Morgan fingerprint density at radius 1 is 1.56 bits per heavy atom. The maximum absolute atomic E-state index is 12.0. The lowest BCUT2D eigenvalue weighted by Gasteiger charge is -2.21. The summed E-state index contributed by atoms with van der Waals surface area (Å²) in [5, 5.41) is 1.87. The van der Waals surface area contributed by atoms with Gasteiger partial charge in [0.2, 0.25) is 0 Å². The van der Waals surface area contributed by atoms with Crippen molar-refractivity contribution >= 4 is 45.6 Å². The molecule has 0 spiro atoms. The number of hydrogen-bond donors (Lipinski definition) is 1. The number of halogens is 2. The Bertz CT molecular complexity index is 384. The summed E-state index contributed by atoms with van der Waals surface area (Å²) in [6.45, 7) is 4.90. The molecular weight excluding hydrogens is 336 g/mol. The Balaban J connectivity index is 0.00000289. The van der Waals surface area contributed by atoms with Crippen molar-refractivity contribution in [3.63, 3.8) is 0 Å². The van der Waals surface area contributed by atoms with Crippen molar-refractivity contribution < 1.29 is 4.79 Å². The van der Waals surface area contributed by atoms with Gasteiger partial charge >= 0.3 is 0 Å². The third-order valence-corrected chi connectivity index (χ3v) is 4.32. The van der Waals surface area contributed by atoms with E-state index in [4.69, 9.17) is 5.73 Å². The van der Waals surface area contributed by atoms with Crippen LogP contribution in [0.2, 0.25) is 0 Å². The molecule has 18 heavy (non-hydrogen) atoms. The van der Waals surface area contributed by atoms with Crippen molar-refractivity contribution in [1.82, 2.24) is 4.90 Å². The lowest BCUT2D eigenvalue weighted by atomic mass is 10.0. The lowest BCUT2D eigenvalue weighted by molar-refractivity contribution is 0.0789. The zero-order valence-corrected chi connectivity index (χ0v) is 14.1. The molecule has 2 N–H and O–H groups in total. The third-order valence-electron chi connectivity index (χ3n) is 2.82. The summed E-state index contributed by atoms with van der Waals surface area (Å²) >= 11 is 4.88. The topological polar surface area (TPSA) is 46.3 Å². The maximum atomic E-state index is 12.0. The largest absolute Gasteiger partial charge is 0.342 e. The molecular formula is C12H20BrClN2OS. The van der Waals surface area contributed by atoms with Gasteiger partial charge in [-0.3, -0.25) is 4.79 Å². The van der Waals surface area contributed by atoms with Crippen molar-refractivity contribution in [1.29, 1.82) is 0 Å². The minimum absolute atomic E-state index is 0. The van der Waals surface area contributed by atoms with E-state index in [1.807, 2.05) is 18.5 Å². The molecule has 1 heterocycles. The quantitative estimate of drug-likeness (QED) is 0.880. The Morgan fingerprint density at radius 3 is 2.61 bits per heavy atom. The van der Waals surface area contributed by atoms with Crippen LogP contribution < -0.4 is 5.73 Å². The summed E-state index contributed by atoms with van der Waals surface area (Å²) < 4.78 is 0.980. The lowest BCUT2D eigenvalue weighted by Crippen LogP contribution is -2.34. The summed E-state index contributed by atoms with van der Waals surface area (Å²) in [4.78, 5) is 13.7. The predicted octanol–water partition coefficient (Wildman–Crippen LogP) is 3.38. The molecule has 0 saturated carbocycles. The third kappa shape index (κ3) is 5.26. The average molecular weight is 356 g/mol. The van der Waals surface area contributed by atoms with Gasteiger partial charge in [0.15, 0.2) is 0 Å². The molecule has 1 atom stereocenters. The number of carbonyl (C=O) groups excluding carboxylic acids is 1. The highest BCUT2D eigenvalue weighted by Gasteiger charge is 2.15. The second-order valence-electron chi connectivity index (χ2n) is 4.56. The van der Waals surface area contributed by atoms with E-state index in [0.29, 0.717) is 12.5 Å². The van der Waals surface area contributed by atoms with Gasteiger partial charge in [0.25, 0.3) is 5.91 Å². The van der Waals surface area contributed by atoms with Gasteiger partial charge in [0, 0.05) is 25.0 Å².